The Labute approximate surface area is 120 Å². The molecule has 0 saturated carbocycles. The summed E-state index contributed by atoms with van der Waals surface area (Å²) in [6, 6.07) is 17.8. The van der Waals surface area contributed by atoms with Gasteiger partial charge in [-0.25, -0.2) is 0 Å². The van der Waals surface area contributed by atoms with Crippen LogP contribution >= 0.6 is 0 Å². The van der Waals surface area contributed by atoms with Gasteiger partial charge in [0.25, 0.3) is 5.76 Å². The Morgan fingerprint density at radius 1 is 1.00 bits per heavy atom. The molecule has 5 heteroatoms. The quantitative estimate of drug-likeness (QED) is 0.274. The van der Waals surface area contributed by atoms with Gasteiger partial charge in [-0.1, -0.05) is 48.5 Å². The first-order valence-electron chi connectivity index (χ1n) is 5.51. The van der Waals surface area contributed by atoms with Crippen molar-refractivity contribution in [3.8, 4) is 0 Å². The van der Waals surface area contributed by atoms with Gasteiger partial charge in [0, 0.05) is 5.56 Å². The van der Waals surface area contributed by atoms with E-state index in [2.05, 4.69) is 0 Å². The first-order valence-corrected chi connectivity index (χ1v) is 7.67. The van der Waals surface area contributed by atoms with Crippen molar-refractivity contribution in [1.82, 2.24) is 0 Å². The van der Waals surface area contributed by atoms with Crippen LogP contribution in [0.1, 0.15) is 5.56 Å². The highest BCUT2D eigenvalue weighted by Gasteiger charge is 2.36. The lowest BCUT2D eigenvalue weighted by Gasteiger charge is -1.95. The first kappa shape index (κ1) is 13.5. The third-order valence-electron chi connectivity index (χ3n) is 2.33. The molecule has 2 aromatic carbocycles. The van der Waals surface area contributed by atoms with E-state index in [1.807, 2.05) is 30.3 Å². The number of halogens is 1. The van der Waals surface area contributed by atoms with E-state index in [1.54, 1.807) is 30.3 Å². The van der Waals surface area contributed by atoms with Crippen LogP contribution in [0, 0.1) is 13.7 Å². The highest BCUT2D eigenvalue weighted by molar-refractivity contribution is 5.58. The zero-order valence-corrected chi connectivity index (χ0v) is 12.0. The predicted molar refractivity (Wildman–Crippen MR) is 68.1 cm³/mol. The first-order chi connectivity index (χ1) is 9.18. The van der Waals surface area contributed by atoms with E-state index in [4.69, 9.17) is 0 Å². The van der Waals surface area contributed by atoms with Gasteiger partial charge < -0.3 is 5.11 Å². The highest BCUT2D eigenvalue weighted by atomic mass is 127. The zero-order chi connectivity index (χ0) is 13.7. The fourth-order valence-electron chi connectivity index (χ4n) is 1.46. The summed E-state index contributed by atoms with van der Waals surface area (Å²) in [6.45, 7) is 0. The Morgan fingerprint density at radius 2 is 1.53 bits per heavy atom. The van der Waals surface area contributed by atoms with E-state index in [0.29, 0.717) is 5.56 Å². The largest absolute Gasteiger partial charge is 0.519 e. The molecule has 0 radical (unpaired) electrons. The van der Waals surface area contributed by atoms with Crippen molar-refractivity contribution in [3.63, 3.8) is 0 Å². The minimum Gasteiger partial charge on any atom is -0.499 e. The maximum absolute atomic E-state index is 11.1. The average Bonchev–Trinajstić information content (AvgIpc) is 2.46. The molecule has 0 spiro atoms. The number of aliphatic hydroxyl groups is 1. The molecule has 0 aliphatic heterocycles. The number of nitrogens with zero attached hydrogens (tertiary/aromatic N) is 1. The third kappa shape index (κ3) is 3.54. The van der Waals surface area contributed by atoms with Gasteiger partial charge in [0.15, 0.2) is 0 Å². The van der Waals surface area contributed by atoms with E-state index < -0.39 is 26.1 Å². The summed E-state index contributed by atoms with van der Waals surface area (Å²) in [5, 5.41) is 21.2. The molecule has 0 saturated heterocycles. The van der Waals surface area contributed by atoms with Gasteiger partial charge >= 0.3 is 24.9 Å². The summed E-state index contributed by atoms with van der Waals surface area (Å²) in [4.78, 5) is 10.7. The van der Waals surface area contributed by atoms with Gasteiger partial charge in [0.2, 0.25) is 3.57 Å². The molecule has 0 heterocycles. The van der Waals surface area contributed by atoms with E-state index in [0.717, 1.165) is 3.57 Å². The fraction of sp³-hybridized carbons (Fsp3) is 0. The van der Waals surface area contributed by atoms with Crippen molar-refractivity contribution in [2.24, 2.45) is 0 Å². The lowest BCUT2D eigenvalue weighted by atomic mass is 10.2. The van der Waals surface area contributed by atoms with Crippen LogP contribution in [0.25, 0.3) is 5.76 Å². The van der Waals surface area contributed by atoms with E-state index >= 15 is 0 Å². The summed E-state index contributed by atoms with van der Waals surface area (Å²) < 4.78 is 0.812. The van der Waals surface area contributed by atoms with Crippen LogP contribution in [0.15, 0.2) is 64.4 Å². The molecular weight excluding hydrogens is 357 g/mol. The van der Waals surface area contributed by atoms with E-state index in [1.165, 1.54) is 0 Å². The molecule has 0 unspecified atom stereocenters. The number of hydrogen-bond donors (Lipinski definition) is 1. The highest BCUT2D eigenvalue weighted by Crippen LogP contribution is 2.11. The second-order valence-corrected chi connectivity index (χ2v) is 6.46. The summed E-state index contributed by atoms with van der Waals surface area (Å²) in [6.07, 6.45) is 0. The van der Waals surface area contributed by atoms with Gasteiger partial charge in [0.05, 0.1) is 0 Å². The van der Waals surface area contributed by atoms with Crippen LogP contribution in [0.4, 0.5) is 0 Å². The van der Waals surface area contributed by atoms with Gasteiger partial charge in [-0.2, -0.15) is 0 Å². The Balaban J connectivity index is 2.38. The van der Waals surface area contributed by atoms with Crippen LogP contribution in [-0.4, -0.2) is 10.0 Å². The van der Waals surface area contributed by atoms with Crippen LogP contribution in [0.5, 0.6) is 0 Å². The summed E-state index contributed by atoms with van der Waals surface area (Å²) in [5.74, 6) is -0.234. The van der Waals surface area contributed by atoms with E-state index in [9.17, 15) is 15.2 Å². The van der Waals surface area contributed by atoms with Gasteiger partial charge in [-0.15, -0.1) is 0 Å². The van der Waals surface area contributed by atoms with Gasteiger partial charge in [-0.3, -0.25) is 10.1 Å². The maximum Gasteiger partial charge on any atom is 0.519 e. The van der Waals surface area contributed by atoms with Crippen molar-refractivity contribution in [3.05, 3.63) is 83.6 Å². The molecule has 96 valence electrons. The van der Waals surface area contributed by atoms with Crippen LogP contribution in [0.2, 0.25) is 0 Å². The molecule has 0 aliphatic carbocycles. The molecule has 2 aromatic rings. The molecule has 0 atom stereocenters. The smallest absolute Gasteiger partial charge is 0.499 e. The predicted octanol–water partition coefficient (Wildman–Crippen LogP) is 0.106. The molecule has 0 fully saturated rings. The Kier molecular flexibility index (Phi) is 4.51. The summed E-state index contributed by atoms with van der Waals surface area (Å²) >= 11 is -1.01. The van der Waals surface area contributed by atoms with Crippen LogP contribution in [0.3, 0.4) is 0 Å². The normalized spacial score (nSPS) is 11.8. The average molecular weight is 368 g/mol. The van der Waals surface area contributed by atoms with Gasteiger partial charge in [0.1, 0.15) is 4.92 Å². The second-order valence-electron chi connectivity index (χ2n) is 3.65. The topological polar surface area (TPSA) is 63.4 Å². The summed E-state index contributed by atoms with van der Waals surface area (Å²) in [5.41, 5.74) is 0.477. The van der Waals surface area contributed by atoms with Crippen molar-refractivity contribution >= 4 is 5.76 Å². The number of hydrogen-bond acceptors (Lipinski definition) is 3. The lowest BCUT2D eigenvalue weighted by molar-refractivity contribution is -0.702. The number of aliphatic hydroxyl groups excluding tert-OH is 1. The Bertz CT molecular complexity index is 597. The van der Waals surface area contributed by atoms with E-state index in [-0.39, 0.29) is 9.46 Å². The fourth-order valence-corrected chi connectivity index (χ4v) is 3.59. The zero-order valence-electron chi connectivity index (χ0n) is 9.86. The van der Waals surface area contributed by atoms with Crippen LogP contribution in [-0.2, 0) is 0 Å². The van der Waals surface area contributed by atoms with Crippen molar-refractivity contribution in [2.45, 2.75) is 0 Å². The molecule has 0 aromatic heterocycles. The SMILES string of the molecule is O=[N+]([O-])/C([I+]c1ccccc1)=C(\O)c1ccccc1. The number of rotatable bonds is 4. The summed E-state index contributed by atoms with van der Waals surface area (Å²) in [7, 11) is 0. The van der Waals surface area contributed by atoms with Crippen molar-refractivity contribution < 1.29 is 31.2 Å². The van der Waals surface area contributed by atoms with Crippen molar-refractivity contribution in [2.75, 3.05) is 0 Å². The maximum atomic E-state index is 11.1. The Hall–Kier alpha value is -1.89. The molecule has 4 nitrogen and oxygen atoms in total. The second kappa shape index (κ2) is 6.33. The minimum atomic E-state index is -1.01. The molecule has 2 rings (SSSR count). The van der Waals surface area contributed by atoms with Gasteiger partial charge in [-0.05, 0) is 12.1 Å². The standard InChI is InChI=1S/C14H10INO3/c17-13(11-7-3-1-4-8-11)14(16(18)19)15-12-9-5-2-6-10-12/h1-10H/p+1/b14-13-. The lowest BCUT2D eigenvalue weighted by Crippen LogP contribution is -3.61. The molecule has 19 heavy (non-hydrogen) atoms. The van der Waals surface area contributed by atoms with Crippen LogP contribution < -0.4 is 21.2 Å². The monoisotopic (exact) mass is 368 g/mol. The molecular formula is C14H11INO3+. The molecule has 0 bridgehead atoms. The third-order valence-corrected chi connectivity index (χ3v) is 5.09. The Morgan fingerprint density at radius 3 is 2.05 bits per heavy atom. The minimum absolute atomic E-state index is 0.0869. The molecule has 1 N–H and O–H groups in total. The van der Waals surface area contributed by atoms with Crippen molar-refractivity contribution in [1.29, 1.82) is 0 Å². The molecule has 0 amide bonds. The molecule has 0 aliphatic rings. The number of benzene rings is 2. The number of nitro groups is 1.